The molecule has 0 unspecified atom stereocenters. The molecule has 0 radical (unpaired) electrons. The molecule has 19 heavy (non-hydrogen) atoms. The lowest BCUT2D eigenvalue weighted by molar-refractivity contribution is -0.131. The van der Waals surface area contributed by atoms with Crippen LogP contribution in [0.25, 0.3) is 0 Å². The fourth-order valence-electron chi connectivity index (χ4n) is 2.12. The van der Waals surface area contributed by atoms with Crippen LogP contribution in [0.2, 0.25) is 5.15 Å². The highest BCUT2D eigenvalue weighted by molar-refractivity contribution is 14.1. The Morgan fingerprint density at radius 3 is 2.58 bits per heavy atom. The van der Waals surface area contributed by atoms with Gasteiger partial charge >= 0.3 is 0 Å². The van der Waals surface area contributed by atoms with Gasteiger partial charge in [-0.15, -0.1) is 0 Å². The Morgan fingerprint density at radius 2 is 1.95 bits per heavy atom. The summed E-state index contributed by atoms with van der Waals surface area (Å²) in [7, 11) is 0. The van der Waals surface area contributed by atoms with Gasteiger partial charge in [0.25, 0.3) is 5.56 Å². The van der Waals surface area contributed by atoms with E-state index in [0.29, 0.717) is 3.57 Å². The van der Waals surface area contributed by atoms with Crippen molar-refractivity contribution in [1.82, 2.24) is 14.5 Å². The zero-order valence-corrected chi connectivity index (χ0v) is 13.4. The lowest BCUT2D eigenvalue weighted by Crippen LogP contribution is -2.37. The summed E-state index contributed by atoms with van der Waals surface area (Å²) in [6.07, 6.45) is 5.75. The second kappa shape index (κ2) is 6.69. The van der Waals surface area contributed by atoms with Crippen LogP contribution in [0.15, 0.2) is 11.1 Å². The zero-order chi connectivity index (χ0) is 13.8. The molecule has 1 aromatic heterocycles. The SMILES string of the molecule is O=C(Cn1cnc(Cl)c(I)c1=O)N1CCCCCC1. The predicted octanol–water partition coefficient (Wildman–Crippen LogP) is 1.90. The average molecular weight is 396 g/mol. The number of hydrogen-bond acceptors (Lipinski definition) is 3. The molecule has 0 aromatic carbocycles. The van der Waals surface area contributed by atoms with Crippen molar-refractivity contribution in [3.63, 3.8) is 0 Å². The maximum atomic E-state index is 12.2. The largest absolute Gasteiger partial charge is 0.341 e. The maximum absolute atomic E-state index is 12.2. The Kier molecular flexibility index (Phi) is 5.20. The molecule has 2 rings (SSSR count). The third kappa shape index (κ3) is 3.68. The molecule has 0 N–H and O–H groups in total. The third-order valence-corrected chi connectivity index (χ3v) is 4.78. The highest BCUT2D eigenvalue weighted by Gasteiger charge is 2.17. The Bertz CT molecular complexity index is 524. The van der Waals surface area contributed by atoms with E-state index in [1.54, 1.807) is 0 Å². The highest BCUT2D eigenvalue weighted by atomic mass is 127. The molecule has 104 valence electrons. The minimum Gasteiger partial charge on any atom is -0.341 e. The molecule has 2 heterocycles. The van der Waals surface area contributed by atoms with Crippen molar-refractivity contribution in [2.75, 3.05) is 13.1 Å². The van der Waals surface area contributed by atoms with Crippen LogP contribution >= 0.6 is 34.2 Å². The van der Waals surface area contributed by atoms with Crippen molar-refractivity contribution < 1.29 is 4.79 Å². The van der Waals surface area contributed by atoms with Crippen LogP contribution in [0.3, 0.4) is 0 Å². The van der Waals surface area contributed by atoms with Crippen LogP contribution < -0.4 is 5.56 Å². The van der Waals surface area contributed by atoms with Gasteiger partial charge in [0.2, 0.25) is 5.91 Å². The first-order chi connectivity index (χ1) is 9.09. The quantitative estimate of drug-likeness (QED) is 0.568. The van der Waals surface area contributed by atoms with Crippen molar-refractivity contribution in [3.8, 4) is 0 Å². The van der Waals surface area contributed by atoms with E-state index in [-0.39, 0.29) is 23.2 Å². The molecule has 0 atom stereocenters. The third-order valence-electron chi connectivity index (χ3n) is 3.20. The zero-order valence-electron chi connectivity index (χ0n) is 10.4. The Labute approximate surface area is 130 Å². The van der Waals surface area contributed by atoms with E-state index < -0.39 is 0 Å². The van der Waals surface area contributed by atoms with E-state index in [9.17, 15) is 9.59 Å². The van der Waals surface area contributed by atoms with E-state index in [1.807, 2.05) is 27.5 Å². The standard InChI is InChI=1S/C12H15ClIN3O2/c13-11-10(14)12(19)17(8-15-11)7-9(18)16-5-3-1-2-4-6-16/h8H,1-7H2. The number of carbonyl (C=O) groups excluding carboxylic acids is 1. The first-order valence-electron chi connectivity index (χ1n) is 6.28. The molecular formula is C12H15ClIN3O2. The summed E-state index contributed by atoms with van der Waals surface area (Å²) in [5, 5.41) is 0.184. The lowest BCUT2D eigenvalue weighted by Gasteiger charge is -2.20. The van der Waals surface area contributed by atoms with Gasteiger partial charge in [-0.05, 0) is 35.4 Å². The highest BCUT2D eigenvalue weighted by Crippen LogP contribution is 2.11. The Morgan fingerprint density at radius 1 is 1.32 bits per heavy atom. The summed E-state index contributed by atoms with van der Waals surface area (Å²) in [6, 6.07) is 0. The van der Waals surface area contributed by atoms with E-state index in [0.717, 1.165) is 25.9 Å². The number of likely N-dealkylation sites (tertiary alicyclic amines) is 1. The predicted molar refractivity (Wildman–Crippen MR) is 81.3 cm³/mol. The summed E-state index contributed by atoms with van der Waals surface area (Å²) in [5.41, 5.74) is -0.260. The maximum Gasteiger partial charge on any atom is 0.268 e. The van der Waals surface area contributed by atoms with Gasteiger partial charge in [-0.2, -0.15) is 0 Å². The molecule has 1 amide bonds. The Balaban J connectivity index is 2.10. The summed E-state index contributed by atoms with van der Waals surface area (Å²) < 4.78 is 1.67. The topological polar surface area (TPSA) is 55.2 Å². The van der Waals surface area contributed by atoms with E-state index in [2.05, 4.69) is 4.98 Å². The monoisotopic (exact) mass is 395 g/mol. The van der Waals surface area contributed by atoms with E-state index >= 15 is 0 Å². The minimum absolute atomic E-state index is 0.0241. The molecule has 1 fully saturated rings. The second-order valence-corrected chi connectivity index (χ2v) is 6.01. The van der Waals surface area contributed by atoms with Crippen molar-refractivity contribution in [2.24, 2.45) is 0 Å². The van der Waals surface area contributed by atoms with Crippen LogP contribution in [-0.4, -0.2) is 33.4 Å². The summed E-state index contributed by atoms with van der Waals surface area (Å²) >= 11 is 7.61. The molecule has 7 heteroatoms. The average Bonchev–Trinajstić information content (AvgIpc) is 2.68. The Hall–Kier alpha value is -0.630. The number of rotatable bonds is 2. The van der Waals surface area contributed by atoms with Crippen molar-refractivity contribution in [1.29, 1.82) is 0 Å². The van der Waals surface area contributed by atoms with Crippen LogP contribution in [0.5, 0.6) is 0 Å². The molecule has 0 spiro atoms. The number of halogens is 2. The van der Waals surface area contributed by atoms with Gasteiger partial charge in [-0.1, -0.05) is 24.4 Å². The minimum atomic E-state index is -0.260. The van der Waals surface area contributed by atoms with Crippen LogP contribution in [0.1, 0.15) is 25.7 Å². The number of nitrogens with zero attached hydrogens (tertiary/aromatic N) is 3. The van der Waals surface area contributed by atoms with Crippen molar-refractivity contribution >= 4 is 40.1 Å². The van der Waals surface area contributed by atoms with E-state index in [1.165, 1.54) is 23.7 Å². The lowest BCUT2D eigenvalue weighted by atomic mass is 10.2. The van der Waals surface area contributed by atoms with Crippen LogP contribution in [0.4, 0.5) is 0 Å². The van der Waals surface area contributed by atoms with Gasteiger partial charge in [0.05, 0.1) is 6.33 Å². The molecule has 0 bridgehead atoms. The summed E-state index contributed by atoms with van der Waals surface area (Å²) in [5.74, 6) is -0.0241. The first-order valence-corrected chi connectivity index (χ1v) is 7.73. The molecule has 1 aromatic rings. The second-order valence-electron chi connectivity index (χ2n) is 4.58. The molecule has 0 saturated carbocycles. The summed E-state index contributed by atoms with van der Waals surface area (Å²) in [4.78, 5) is 29.8. The number of carbonyl (C=O) groups is 1. The molecule has 1 saturated heterocycles. The van der Waals surface area contributed by atoms with Gasteiger partial charge in [0, 0.05) is 13.1 Å². The molecule has 0 aliphatic carbocycles. The van der Waals surface area contributed by atoms with Crippen LogP contribution in [0, 0.1) is 3.57 Å². The molecule has 5 nitrogen and oxygen atoms in total. The van der Waals surface area contributed by atoms with Crippen LogP contribution in [-0.2, 0) is 11.3 Å². The fraction of sp³-hybridized carbons (Fsp3) is 0.583. The molecule has 1 aliphatic heterocycles. The number of hydrogen-bond donors (Lipinski definition) is 0. The van der Waals surface area contributed by atoms with Crippen molar-refractivity contribution in [2.45, 2.75) is 32.2 Å². The first kappa shape index (κ1) is 14.8. The van der Waals surface area contributed by atoms with E-state index in [4.69, 9.17) is 11.6 Å². The normalized spacial score (nSPS) is 16.2. The van der Waals surface area contributed by atoms with Gasteiger partial charge < -0.3 is 4.90 Å². The van der Waals surface area contributed by atoms with Gasteiger partial charge in [0.15, 0.2) is 0 Å². The van der Waals surface area contributed by atoms with Gasteiger partial charge in [-0.3, -0.25) is 14.2 Å². The fourth-order valence-corrected chi connectivity index (χ4v) is 2.70. The summed E-state index contributed by atoms with van der Waals surface area (Å²) in [6.45, 7) is 1.61. The number of aromatic nitrogens is 2. The molecular weight excluding hydrogens is 381 g/mol. The van der Waals surface area contributed by atoms with Crippen molar-refractivity contribution in [3.05, 3.63) is 25.4 Å². The number of amides is 1. The molecule has 1 aliphatic rings. The smallest absolute Gasteiger partial charge is 0.268 e. The van der Waals surface area contributed by atoms with Gasteiger partial charge in [0.1, 0.15) is 15.3 Å². The van der Waals surface area contributed by atoms with Gasteiger partial charge in [-0.25, -0.2) is 4.98 Å².